The van der Waals surface area contributed by atoms with Gasteiger partial charge in [-0.1, -0.05) is 6.92 Å². The Morgan fingerprint density at radius 1 is 1.44 bits per heavy atom. The lowest BCUT2D eigenvalue weighted by Gasteiger charge is -2.29. The molecule has 2 amide bonds. The summed E-state index contributed by atoms with van der Waals surface area (Å²) >= 11 is 0. The maximum atomic E-state index is 12.5. The van der Waals surface area contributed by atoms with Gasteiger partial charge in [-0.3, -0.25) is 5.10 Å². The molecule has 25 heavy (non-hydrogen) atoms. The van der Waals surface area contributed by atoms with Crippen molar-refractivity contribution < 1.29 is 9.53 Å². The Kier molecular flexibility index (Phi) is 4.22. The molecule has 1 saturated heterocycles. The molecule has 7 nitrogen and oxygen atoms in total. The van der Waals surface area contributed by atoms with Crippen molar-refractivity contribution in [2.24, 2.45) is 17.3 Å². The molecule has 0 radical (unpaired) electrons. The quantitative estimate of drug-likeness (QED) is 0.854. The van der Waals surface area contributed by atoms with E-state index in [1.807, 2.05) is 14.0 Å². The Morgan fingerprint density at radius 2 is 2.20 bits per heavy atom. The van der Waals surface area contributed by atoms with Crippen LogP contribution in [0.15, 0.2) is 0 Å². The van der Waals surface area contributed by atoms with Gasteiger partial charge in [0, 0.05) is 26.7 Å². The van der Waals surface area contributed by atoms with Crippen molar-refractivity contribution in [1.29, 1.82) is 0 Å². The molecule has 1 aromatic rings. The van der Waals surface area contributed by atoms with E-state index in [0.29, 0.717) is 13.2 Å². The molecule has 4 atom stereocenters. The molecule has 2 unspecified atom stereocenters. The number of amides is 2. The number of likely N-dealkylation sites (N-methyl/N-ethyl adjacent to an activating group) is 1. The SMILES string of the molecule is Cc1nc([C@H]2CCO[C@H]2CN(C)C(=O)NCC2(C)CC3CC3C2)n[nH]1. The molecule has 4 rings (SSSR count). The second kappa shape index (κ2) is 6.27. The van der Waals surface area contributed by atoms with Gasteiger partial charge in [0.05, 0.1) is 12.0 Å². The third kappa shape index (κ3) is 3.52. The number of nitrogens with one attached hydrogen (secondary N) is 2. The number of carbonyl (C=O) groups excluding carboxylic acids is 1. The highest BCUT2D eigenvalue weighted by atomic mass is 16.5. The van der Waals surface area contributed by atoms with Crippen molar-refractivity contribution in [3.8, 4) is 0 Å². The van der Waals surface area contributed by atoms with Gasteiger partial charge in [0.15, 0.2) is 5.82 Å². The molecule has 3 fully saturated rings. The highest BCUT2D eigenvalue weighted by Crippen LogP contribution is 2.59. The Hall–Kier alpha value is -1.63. The van der Waals surface area contributed by atoms with E-state index in [2.05, 4.69) is 27.4 Å². The number of hydrogen-bond donors (Lipinski definition) is 2. The van der Waals surface area contributed by atoms with Crippen molar-refractivity contribution in [2.45, 2.75) is 51.6 Å². The minimum absolute atomic E-state index is 0.0118. The van der Waals surface area contributed by atoms with Gasteiger partial charge < -0.3 is 15.0 Å². The average molecular weight is 347 g/mol. The monoisotopic (exact) mass is 347 g/mol. The summed E-state index contributed by atoms with van der Waals surface area (Å²) in [7, 11) is 1.84. The zero-order valence-electron chi connectivity index (χ0n) is 15.4. The van der Waals surface area contributed by atoms with Crippen LogP contribution >= 0.6 is 0 Å². The van der Waals surface area contributed by atoms with Gasteiger partial charge in [-0.25, -0.2) is 9.78 Å². The van der Waals surface area contributed by atoms with E-state index in [4.69, 9.17) is 4.74 Å². The largest absolute Gasteiger partial charge is 0.376 e. The molecular weight excluding hydrogens is 318 g/mol. The summed E-state index contributed by atoms with van der Waals surface area (Å²) in [6.07, 6.45) is 4.79. The number of ether oxygens (including phenoxy) is 1. The van der Waals surface area contributed by atoms with E-state index in [0.717, 1.165) is 36.5 Å². The van der Waals surface area contributed by atoms with Crippen LogP contribution in [0.5, 0.6) is 0 Å². The maximum absolute atomic E-state index is 12.5. The minimum Gasteiger partial charge on any atom is -0.376 e. The summed E-state index contributed by atoms with van der Waals surface area (Å²) < 4.78 is 5.85. The molecule has 7 heteroatoms. The van der Waals surface area contributed by atoms with E-state index in [-0.39, 0.29) is 23.5 Å². The van der Waals surface area contributed by atoms with Crippen LogP contribution in [-0.2, 0) is 4.74 Å². The number of fused-ring (bicyclic) bond motifs is 1. The van der Waals surface area contributed by atoms with E-state index in [9.17, 15) is 4.79 Å². The molecule has 1 aliphatic heterocycles. The minimum atomic E-state index is -0.0411. The van der Waals surface area contributed by atoms with E-state index >= 15 is 0 Å². The average Bonchev–Trinajstić information content (AvgIpc) is 2.98. The van der Waals surface area contributed by atoms with Crippen LogP contribution in [-0.4, -0.2) is 59.0 Å². The third-order valence-corrected chi connectivity index (χ3v) is 6.20. The van der Waals surface area contributed by atoms with Gasteiger partial charge in [0.1, 0.15) is 5.82 Å². The molecule has 2 N–H and O–H groups in total. The summed E-state index contributed by atoms with van der Waals surface area (Å²) in [6.45, 7) is 6.24. The number of carbonyl (C=O) groups is 1. The number of urea groups is 1. The number of rotatable bonds is 5. The first-order chi connectivity index (χ1) is 11.9. The molecule has 138 valence electrons. The predicted octanol–water partition coefficient (Wildman–Crippen LogP) is 2.06. The Labute approximate surface area is 148 Å². The van der Waals surface area contributed by atoms with Gasteiger partial charge in [-0.05, 0) is 49.9 Å². The van der Waals surface area contributed by atoms with Gasteiger partial charge in [-0.15, -0.1) is 0 Å². The standard InChI is InChI=1S/C18H29N5O2/c1-11-20-16(22-21-11)14-4-5-25-15(14)9-23(3)17(24)19-10-18(2)7-12-6-13(12)8-18/h12-15H,4-10H2,1-3H3,(H,19,24)(H,20,21,22)/t12?,13?,14-,15-,18?/m0/s1. The summed E-state index contributed by atoms with van der Waals surface area (Å²) in [4.78, 5) is 18.7. The van der Waals surface area contributed by atoms with Crippen molar-refractivity contribution in [1.82, 2.24) is 25.4 Å². The van der Waals surface area contributed by atoms with Crippen LogP contribution in [0.1, 0.15) is 50.2 Å². The number of hydrogen-bond acceptors (Lipinski definition) is 4. The summed E-state index contributed by atoms with van der Waals surface area (Å²) in [6, 6.07) is -0.0118. The molecule has 1 aromatic heterocycles. The Bertz CT molecular complexity index is 635. The zero-order chi connectivity index (χ0) is 17.6. The van der Waals surface area contributed by atoms with E-state index in [1.165, 1.54) is 19.3 Å². The van der Waals surface area contributed by atoms with Crippen LogP contribution in [0.3, 0.4) is 0 Å². The fourth-order valence-corrected chi connectivity index (χ4v) is 4.73. The summed E-state index contributed by atoms with van der Waals surface area (Å²) in [5.41, 5.74) is 0.285. The molecule has 2 heterocycles. The van der Waals surface area contributed by atoms with Gasteiger partial charge in [0.25, 0.3) is 0 Å². The van der Waals surface area contributed by atoms with E-state index < -0.39 is 0 Å². The lowest BCUT2D eigenvalue weighted by Crippen LogP contribution is -2.45. The van der Waals surface area contributed by atoms with Crippen LogP contribution in [0, 0.1) is 24.2 Å². The van der Waals surface area contributed by atoms with Gasteiger partial charge in [-0.2, -0.15) is 5.10 Å². The third-order valence-electron chi connectivity index (χ3n) is 6.20. The summed E-state index contributed by atoms with van der Waals surface area (Å²) in [5.74, 6) is 3.62. The van der Waals surface area contributed by atoms with Crippen LogP contribution in [0.4, 0.5) is 4.79 Å². The molecule has 0 aromatic carbocycles. The molecule has 2 aliphatic carbocycles. The Morgan fingerprint density at radius 3 is 2.88 bits per heavy atom. The highest BCUT2D eigenvalue weighted by Gasteiger charge is 2.51. The second-order valence-corrected chi connectivity index (χ2v) is 8.60. The summed E-state index contributed by atoms with van der Waals surface area (Å²) in [5, 5.41) is 10.3. The molecular formula is C18H29N5O2. The Balaban J connectivity index is 1.28. The molecule has 2 saturated carbocycles. The number of aryl methyl sites for hydroxylation is 1. The molecule has 0 spiro atoms. The predicted molar refractivity (Wildman–Crippen MR) is 93.2 cm³/mol. The highest BCUT2D eigenvalue weighted by molar-refractivity contribution is 5.73. The molecule has 0 bridgehead atoms. The lowest BCUT2D eigenvalue weighted by molar-refractivity contribution is 0.0790. The van der Waals surface area contributed by atoms with Gasteiger partial charge >= 0.3 is 6.03 Å². The maximum Gasteiger partial charge on any atom is 0.317 e. The van der Waals surface area contributed by atoms with Crippen LogP contribution in [0.2, 0.25) is 0 Å². The fourth-order valence-electron chi connectivity index (χ4n) is 4.73. The topological polar surface area (TPSA) is 83.1 Å². The van der Waals surface area contributed by atoms with Crippen molar-refractivity contribution in [3.63, 3.8) is 0 Å². The van der Waals surface area contributed by atoms with Crippen LogP contribution < -0.4 is 5.32 Å². The fraction of sp³-hybridized carbons (Fsp3) is 0.833. The van der Waals surface area contributed by atoms with E-state index in [1.54, 1.807) is 4.90 Å². The lowest BCUT2D eigenvalue weighted by atomic mass is 9.85. The number of H-pyrrole nitrogens is 1. The zero-order valence-corrected chi connectivity index (χ0v) is 15.4. The molecule has 3 aliphatic rings. The van der Waals surface area contributed by atoms with Crippen molar-refractivity contribution in [3.05, 3.63) is 11.6 Å². The van der Waals surface area contributed by atoms with Crippen molar-refractivity contribution >= 4 is 6.03 Å². The first-order valence-electron chi connectivity index (χ1n) is 9.43. The second-order valence-electron chi connectivity index (χ2n) is 8.60. The number of aromatic amines is 1. The number of nitrogens with zero attached hydrogens (tertiary/aromatic N) is 3. The normalized spacial score (nSPS) is 36.3. The first-order valence-corrected chi connectivity index (χ1v) is 9.43. The smallest absolute Gasteiger partial charge is 0.317 e. The first kappa shape index (κ1) is 16.8. The van der Waals surface area contributed by atoms with Crippen molar-refractivity contribution in [2.75, 3.05) is 26.7 Å². The number of aromatic nitrogens is 3. The van der Waals surface area contributed by atoms with Gasteiger partial charge in [0.2, 0.25) is 0 Å². The van der Waals surface area contributed by atoms with Crippen LogP contribution in [0.25, 0.3) is 0 Å².